The highest BCUT2D eigenvalue weighted by Crippen LogP contribution is 2.43. The van der Waals surface area contributed by atoms with Gasteiger partial charge in [-0.3, -0.25) is 14.6 Å². The molecule has 1 aromatic heterocycles. The van der Waals surface area contributed by atoms with Crippen molar-refractivity contribution in [1.82, 2.24) is 14.8 Å². The van der Waals surface area contributed by atoms with Crippen LogP contribution in [0.3, 0.4) is 0 Å². The molecule has 2 aromatic carbocycles. The third-order valence-corrected chi connectivity index (χ3v) is 9.33. The molecule has 3 aromatic rings. The maximum atomic E-state index is 15.3. The van der Waals surface area contributed by atoms with E-state index in [0.29, 0.717) is 18.9 Å². The Hall–Kier alpha value is -4.40. The molecule has 2 saturated heterocycles. The summed E-state index contributed by atoms with van der Waals surface area (Å²) in [4.78, 5) is 35.3. The molecule has 0 saturated carbocycles. The van der Waals surface area contributed by atoms with E-state index in [0.717, 1.165) is 36.7 Å². The number of ether oxygens (including phenoxy) is 3. The number of likely N-dealkylation sites (tertiary alicyclic amines) is 2. The molecule has 8 nitrogen and oxygen atoms in total. The zero-order valence-corrected chi connectivity index (χ0v) is 28.0. The Morgan fingerprint density at radius 2 is 1.73 bits per heavy atom. The predicted octanol–water partition coefficient (Wildman–Crippen LogP) is 7.52. The highest BCUT2D eigenvalue weighted by molar-refractivity contribution is 5.97. The maximum Gasteiger partial charge on any atom is 0.417 e. The Balaban J connectivity index is 1.54. The molecule has 276 valence electrons. The molecule has 3 atom stereocenters. The Morgan fingerprint density at radius 3 is 2.39 bits per heavy atom. The lowest BCUT2D eigenvalue weighted by molar-refractivity contribution is -0.158. The molecule has 2 aliphatic heterocycles. The summed E-state index contributed by atoms with van der Waals surface area (Å²) in [5, 5.41) is 0. The second kappa shape index (κ2) is 15.5. The zero-order valence-electron chi connectivity index (χ0n) is 28.0. The minimum absolute atomic E-state index is 0.00666. The van der Waals surface area contributed by atoms with Gasteiger partial charge in [0.15, 0.2) is 0 Å². The first kappa shape index (κ1) is 37.8. The number of amides is 2. The standard InChI is InChI=1S/C36H38F7N3O5/c1-3-6-30-34(51-25-11-9-24(10-12-25)35(38,39)40,15-5-17-46(30)32(47)26-21-44-16-13-27(26)36(41,42)43)33(48)45-18-14-23(22-45)31-28(37)7-4-8-29(31)50-20-19-49-2/h4,7-13,16,21,23,30H,3,5-6,14-15,17-20,22H2,1-2H3/t23?,30-,34+/m1/s1. The van der Waals surface area contributed by atoms with Crippen molar-refractivity contribution in [2.75, 3.05) is 40.0 Å². The number of halogens is 7. The number of pyridine rings is 1. The van der Waals surface area contributed by atoms with Crippen LogP contribution in [-0.2, 0) is 21.9 Å². The van der Waals surface area contributed by atoms with Crippen LogP contribution in [0.25, 0.3) is 0 Å². The average molecular weight is 726 g/mol. The van der Waals surface area contributed by atoms with Gasteiger partial charge in [0.1, 0.15) is 23.9 Å². The number of nitrogens with zero attached hydrogens (tertiary/aromatic N) is 3. The van der Waals surface area contributed by atoms with Crippen molar-refractivity contribution in [3.8, 4) is 11.5 Å². The summed E-state index contributed by atoms with van der Waals surface area (Å²) in [6.07, 6.45) is -6.82. The lowest BCUT2D eigenvalue weighted by atomic mass is 9.79. The molecular formula is C36H38F7N3O5. The largest absolute Gasteiger partial charge is 0.491 e. The van der Waals surface area contributed by atoms with E-state index in [1.54, 1.807) is 13.0 Å². The van der Waals surface area contributed by atoms with Crippen molar-refractivity contribution < 1.29 is 54.5 Å². The van der Waals surface area contributed by atoms with Crippen molar-refractivity contribution >= 4 is 11.8 Å². The third-order valence-electron chi connectivity index (χ3n) is 9.33. The number of hydrogen-bond donors (Lipinski definition) is 0. The average Bonchev–Trinajstić information content (AvgIpc) is 3.58. The fraction of sp³-hybridized carbons (Fsp3) is 0.472. The monoisotopic (exact) mass is 725 g/mol. The zero-order chi connectivity index (χ0) is 37.0. The van der Waals surface area contributed by atoms with Crippen LogP contribution in [0.4, 0.5) is 30.7 Å². The number of piperidine rings is 1. The first-order chi connectivity index (χ1) is 24.2. The molecule has 15 heteroatoms. The van der Waals surface area contributed by atoms with E-state index in [4.69, 9.17) is 14.2 Å². The Kier molecular flexibility index (Phi) is 11.5. The van der Waals surface area contributed by atoms with Crippen LogP contribution in [0.2, 0.25) is 0 Å². The van der Waals surface area contributed by atoms with E-state index in [2.05, 4.69) is 4.98 Å². The normalized spacial score (nSPS) is 21.1. The van der Waals surface area contributed by atoms with E-state index in [1.807, 2.05) is 0 Å². The van der Waals surface area contributed by atoms with Crippen LogP contribution in [0, 0.1) is 5.82 Å². The van der Waals surface area contributed by atoms with Crippen LogP contribution < -0.4 is 9.47 Å². The summed E-state index contributed by atoms with van der Waals surface area (Å²) in [5.41, 5.74) is -4.49. The summed E-state index contributed by atoms with van der Waals surface area (Å²) >= 11 is 0. The molecule has 2 fully saturated rings. The van der Waals surface area contributed by atoms with Crippen LogP contribution in [0.5, 0.6) is 11.5 Å². The number of alkyl halides is 6. The van der Waals surface area contributed by atoms with E-state index >= 15 is 4.39 Å². The summed E-state index contributed by atoms with van der Waals surface area (Å²) in [5.74, 6) is -2.46. The molecule has 0 bridgehead atoms. The lowest BCUT2D eigenvalue weighted by Crippen LogP contribution is -2.67. The second-order valence-corrected chi connectivity index (χ2v) is 12.6. The summed E-state index contributed by atoms with van der Waals surface area (Å²) < 4.78 is 115. The lowest BCUT2D eigenvalue weighted by Gasteiger charge is -2.49. The quantitative estimate of drug-likeness (QED) is 0.150. The van der Waals surface area contributed by atoms with Gasteiger partial charge < -0.3 is 24.0 Å². The van der Waals surface area contributed by atoms with Gasteiger partial charge in [0, 0.05) is 57.0 Å². The van der Waals surface area contributed by atoms with Gasteiger partial charge in [-0.05, 0) is 61.7 Å². The van der Waals surface area contributed by atoms with Gasteiger partial charge in [-0.1, -0.05) is 19.4 Å². The molecule has 3 heterocycles. The first-order valence-corrected chi connectivity index (χ1v) is 16.6. The van der Waals surface area contributed by atoms with E-state index in [9.17, 15) is 35.9 Å². The number of carbonyl (C=O) groups is 2. The molecule has 51 heavy (non-hydrogen) atoms. The summed E-state index contributed by atoms with van der Waals surface area (Å²) in [6, 6.07) is 7.71. The minimum Gasteiger partial charge on any atom is -0.491 e. The molecule has 0 N–H and O–H groups in total. The van der Waals surface area contributed by atoms with Gasteiger partial charge in [-0.25, -0.2) is 4.39 Å². The van der Waals surface area contributed by atoms with E-state index < -0.39 is 64.2 Å². The van der Waals surface area contributed by atoms with E-state index in [-0.39, 0.29) is 69.2 Å². The molecule has 0 radical (unpaired) electrons. The third kappa shape index (κ3) is 8.08. The van der Waals surface area contributed by atoms with Gasteiger partial charge in [0.25, 0.3) is 11.8 Å². The van der Waals surface area contributed by atoms with Crippen LogP contribution >= 0.6 is 0 Å². The van der Waals surface area contributed by atoms with Crippen molar-refractivity contribution in [1.29, 1.82) is 0 Å². The number of methoxy groups -OCH3 is 1. The van der Waals surface area contributed by atoms with Crippen molar-refractivity contribution in [2.45, 2.75) is 68.9 Å². The fourth-order valence-corrected chi connectivity index (χ4v) is 7.02. The highest BCUT2D eigenvalue weighted by Gasteiger charge is 2.56. The molecule has 5 rings (SSSR count). The summed E-state index contributed by atoms with van der Waals surface area (Å²) in [7, 11) is 1.50. The molecule has 2 aliphatic rings. The number of carbonyl (C=O) groups excluding carboxylic acids is 2. The highest BCUT2D eigenvalue weighted by atomic mass is 19.4. The van der Waals surface area contributed by atoms with Crippen molar-refractivity contribution in [2.24, 2.45) is 0 Å². The number of rotatable bonds is 11. The van der Waals surface area contributed by atoms with Crippen molar-refractivity contribution in [3.63, 3.8) is 0 Å². The topological polar surface area (TPSA) is 81.2 Å². The SMILES string of the molecule is CCC[C@H]1N(C(=O)c2cnccc2C(F)(F)F)CCC[C@@]1(Oc1ccc(C(F)(F)F)cc1)C(=O)N1CCC(c2c(F)cccc2OCCOC)C1. The molecular weight excluding hydrogens is 687 g/mol. The Bertz CT molecular complexity index is 1680. The van der Waals surface area contributed by atoms with Crippen LogP contribution in [-0.4, -0.2) is 78.2 Å². The first-order valence-electron chi connectivity index (χ1n) is 16.6. The minimum atomic E-state index is -4.88. The fourth-order valence-electron chi connectivity index (χ4n) is 7.02. The molecule has 0 spiro atoms. The van der Waals surface area contributed by atoms with Gasteiger partial charge in [0.05, 0.1) is 29.3 Å². The van der Waals surface area contributed by atoms with Gasteiger partial charge in [-0.15, -0.1) is 0 Å². The predicted molar refractivity (Wildman–Crippen MR) is 171 cm³/mol. The number of benzene rings is 2. The van der Waals surface area contributed by atoms with Crippen LogP contribution in [0.1, 0.15) is 72.0 Å². The summed E-state index contributed by atoms with van der Waals surface area (Å²) in [6.45, 7) is 2.33. The Labute approximate surface area is 290 Å². The second-order valence-electron chi connectivity index (χ2n) is 12.6. The Morgan fingerprint density at radius 1 is 0.980 bits per heavy atom. The number of aromatic nitrogens is 1. The molecule has 2 amide bonds. The van der Waals surface area contributed by atoms with Crippen molar-refractivity contribution in [3.05, 3.63) is 89.0 Å². The van der Waals surface area contributed by atoms with Crippen LogP contribution in [0.15, 0.2) is 60.9 Å². The number of hydrogen-bond acceptors (Lipinski definition) is 6. The smallest absolute Gasteiger partial charge is 0.417 e. The van der Waals surface area contributed by atoms with Gasteiger partial charge in [0.2, 0.25) is 5.60 Å². The van der Waals surface area contributed by atoms with Gasteiger partial charge in [-0.2, -0.15) is 26.3 Å². The molecule has 1 unspecified atom stereocenters. The maximum absolute atomic E-state index is 15.3. The van der Waals surface area contributed by atoms with Gasteiger partial charge >= 0.3 is 12.4 Å². The molecule has 0 aliphatic carbocycles. The van der Waals surface area contributed by atoms with E-state index in [1.165, 1.54) is 29.0 Å².